The maximum atomic E-state index is 12.8. The Balaban J connectivity index is 1.81. The molecule has 5 N–H and O–H groups in total. The van der Waals surface area contributed by atoms with Crippen LogP contribution in [0.25, 0.3) is 0 Å². The van der Waals surface area contributed by atoms with E-state index in [9.17, 15) is 9.90 Å². The molecule has 3 rings (SSSR count). The SMILES string of the molecule is [B]c1cc(Cn2c(C)nc(NC[C@H](N)Cc3ccccc3)c2C(=O)NCC)ccc1O. The van der Waals surface area contributed by atoms with E-state index >= 15 is 0 Å². The van der Waals surface area contributed by atoms with Crippen LogP contribution in [0.15, 0.2) is 48.5 Å². The topological polar surface area (TPSA) is 105 Å². The van der Waals surface area contributed by atoms with Gasteiger partial charge in [0.15, 0.2) is 11.5 Å². The fourth-order valence-electron chi connectivity index (χ4n) is 3.46. The van der Waals surface area contributed by atoms with E-state index in [1.54, 1.807) is 18.2 Å². The summed E-state index contributed by atoms with van der Waals surface area (Å²) in [6.07, 6.45) is 0.719. The van der Waals surface area contributed by atoms with Crippen LogP contribution >= 0.6 is 0 Å². The number of imidazole rings is 1. The van der Waals surface area contributed by atoms with Gasteiger partial charge < -0.3 is 26.0 Å². The first-order valence-electron chi connectivity index (χ1n) is 10.3. The lowest BCUT2D eigenvalue weighted by Gasteiger charge is -2.15. The third kappa shape index (κ3) is 5.67. The molecule has 0 aliphatic carbocycles. The molecule has 0 aliphatic rings. The lowest BCUT2D eigenvalue weighted by Crippen LogP contribution is -2.32. The smallest absolute Gasteiger partial charge is 0.271 e. The minimum atomic E-state index is -0.214. The molecule has 7 nitrogen and oxygen atoms in total. The molecule has 0 saturated carbocycles. The zero-order chi connectivity index (χ0) is 22.4. The number of phenolic OH excluding ortho intramolecular Hbond substituents is 1. The number of aryl methyl sites for hydroxylation is 1. The highest BCUT2D eigenvalue weighted by molar-refractivity contribution is 6.34. The number of amides is 1. The number of aromatic nitrogens is 2. The van der Waals surface area contributed by atoms with Crippen molar-refractivity contribution in [2.24, 2.45) is 5.73 Å². The van der Waals surface area contributed by atoms with Gasteiger partial charge in [-0.05, 0) is 37.5 Å². The quantitative estimate of drug-likeness (QED) is 0.395. The first kappa shape index (κ1) is 22.4. The Hall–Kier alpha value is -3.26. The molecule has 0 saturated heterocycles. The predicted molar refractivity (Wildman–Crippen MR) is 124 cm³/mol. The molecule has 8 heteroatoms. The van der Waals surface area contributed by atoms with Crippen LogP contribution < -0.4 is 21.8 Å². The third-order valence-corrected chi connectivity index (χ3v) is 5.02. The first-order chi connectivity index (χ1) is 14.9. The van der Waals surface area contributed by atoms with Crippen molar-refractivity contribution in [3.8, 4) is 5.75 Å². The van der Waals surface area contributed by atoms with Crippen molar-refractivity contribution < 1.29 is 9.90 Å². The van der Waals surface area contributed by atoms with Crippen LogP contribution in [-0.2, 0) is 13.0 Å². The summed E-state index contributed by atoms with van der Waals surface area (Å²) in [5, 5.41) is 15.8. The second-order valence-corrected chi connectivity index (χ2v) is 7.53. The first-order valence-corrected chi connectivity index (χ1v) is 10.3. The Kier molecular flexibility index (Phi) is 7.36. The summed E-state index contributed by atoms with van der Waals surface area (Å²) >= 11 is 0. The number of anilines is 1. The van der Waals surface area contributed by atoms with Crippen LogP contribution in [0.2, 0.25) is 0 Å². The summed E-state index contributed by atoms with van der Waals surface area (Å²) in [6.45, 7) is 5.09. The third-order valence-electron chi connectivity index (χ3n) is 5.02. The molecule has 160 valence electrons. The van der Waals surface area contributed by atoms with Crippen molar-refractivity contribution in [2.45, 2.75) is 32.9 Å². The summed E-state index contributed by atoms with van der Waals surface area (Å²) < 4.78 is 1.84. The summed E-state index contributed by atoms with van der Waals surface area (Å²) in [4.78, 5) is 17.4. The minimum Gasteiger partial charge on any atom is -0.509 e. The molecule has 0 bridgehead atoms. The molecule has 1 aromatic heterocycles. The van der Waals surface area contributed by atoms with Crippen LogP contribution in [0.5, 0.6) is 5.75 Å². The van der Waals surface area contributed by atoms with Crippen LogP contribution in [0.1, 0.15) is 34.4 Å². The van der Waals surface area contributed by atoms with Crippen molar-refractivity contribution in [2.75, 3.05) is 18.4 Å². The van der Waals surface area contributed by atoms with E-state index in [1.807, 2.05) is 48.7 Å². The van der Waals surface area contributed by atoms with E-state index in [1.165, 1.54) is 0 Å². The molecule has 0 spiro atoms. The standard InChI is InChI=1S/C23H28BN5O2/c1-3-26-23(31)21-22(27-13-18(25)11-16-7-5-4-6-8-16)28-15(2)29(21)14-17-9-10-20(30)19(24)12-17/h4-10,12,18,27,30H,3,11,13-14,25H2,1-2H3,(H,26,31)/t18-/m1/s1. The van der Waals surface area contributed by atoms with Gasteiger partial charge in [0.2, 0.25) is 0 Å². The molecule has 0 aliphatic heterocycles. The molecule has 2 aromatic carbocycles. The van der Waals surface area contributed by atoms with Crippen LogP contribution in [-0.4, -0.2) is 47.5 Å². The van der Waals surface area contributed by atoms with Gasteiger partial charge in [-0.1, -0.05) is 47.9 Å². The maximum Gasteiger partial charge on any atom is 0.271 e. The minimum absolute atomic E-state index is 0.0322. The highest BCUT2D eigenvalue weighted by Gasteiger charge is 2.22. The van der Waals surface area contributed by atoms with Gasteiger partial charge in [-0.2, -0.15) is 0 Å². The molecule has 0 unspecified atom stereocenters. The number of nitrogens with zero attached hydrogens (tertiary/aromatic N) is 2. The summed E-state index contributed by atoms with van der Waals surface area (Å²) in [5.74, 6) is 1.00. The molecule has 0 fully saturated rings. The van der Waals surface area contributed by atoms with Crippen molar-refractivity contribution >= 4 is 25.0 Å². The zero-order valence-corrected chi connectivity index (χ0v) is 17.9. The number of aromatic hydroxyl groups is 1. The van der Waals surface area contributed by atoms with E-state index in [0.29, 0.717) is 42.4 Å². The number of carbonyl (C=O) groups excluding carboxylic acids is 1. The highest BCUT2D eigenvalue weighted by atomic mass is 16.3. The van der Waals surface area contributed by atoms with Gasteiger partial charge in [-0.15, -0.1) is 0 Å². The van der Waals surface area contributed by atoms with E-state index in [0.717, 1.165) is 17.5 Å². The Morgan fingerprint density at radius 3 is 2.65 bits per heavy atom. The molecule has 1 heterocycles. The normalized spacial score (nSPS) is 11.8. The lowest BCUT2D eigenvalue weighted by molar-refractivity contribution is 0.0947. The van der Waals surface area contributed by atoms with Gasteiger partial charge in [-0.25, -0.2) is 4.98 Å². The Bertz CT molecular complexity index is 1040. The fraction of sp³-hybridized carbons (Fsp3) is 0.304. The number of rotatable bonds is 9. The number of hydrogen-bond acceptors (Lipinski definition) is 5. The number of nitrogens with one attached hydrogen (secondary N) is 2. The highest BCUT2D eigenvalue weighted by Crippen LogP contribution is 2.20. The van der Waals surface area contributed by atoms with E-state index < -0.39 is 0 Å². The molecular formula is C23H28BN5O2. The number of phenols is 1. The Labute approximate surface area is 184 Å². The van der Waals surface area contributed by atoms with Crippen LogP contribution in [0.4, 0.5) is 5.82 Å². The van der Waals surface area contributed by atoms with Crippen molar-refractivity contribution in [1.29, 1.82) is 0 Å². The average molecular weight is 417 g/mol. The predicted octanol–water partition coefficient (Wildman–Crippen LogP) is 1.47. The average Bonchev–Trinajstić information content (AvgIpc) is 3.05. The summed E-state index contributed by atoms with van der Waals surface area (Å²) in [6, 6.07) is 14.9. The molecular weight excluding hydrogens is 389 g/mol. The van der Waals surface area contributed by atoms with Crippen molar-refractivity contribution in [3.63, 3.8) is 0 Å². The van der Waals surface area contributed by atoms with Gasteiger partial charge >= 0.3 is 0 Å². The van der Waals surface area contributed by atoms with Crippen LogP contribution in [0, 0.1) is 6.92 Å². The lowest BCUT2D eigenvalue weighted by atomic mass is 9.93. The van der Waals surface area contributed by atoms with Crippen molar-refractivity contribution in [1.82, 2.24) is 14.9 Å². The number of carbonyl (C=O) groups is 1. The summed E-state index contributed by atoms with van der Waals surface area (Å²) in [7, 11) is 5.83. The fourth-order valence-corrected chi connectivity index (χ4v) is 3.46. The molecule has 31 heavy (non-hydrogen) atoms. The van der Waals surface area contributed by atoms with Gasteiger partial charge in [0.25, 0.3) is 5.91 Å². The van der Waals surface area contributed by atoms with E-state index in [2.05, 4.69) is 15.6 Å². The van der Waals surface area contributed by atoms with E-state index in [-0.39, 0.29) is 17.7 Å². The number of nitrogens with two attached hydrogens (primary N) is 1. The van der Waals surface area contributed by atoms with E-state index in [4.69, 9.17) is 13.6 Å². The molecule has 1 amide bonds. The van der Waals surface area contributed by atoms with Gasteiger partial charge in [0.1, 0.15) is 19.4 Å². The monoisotopic (exact) mass is 417 g/mol. The maximum absolute atomic E-state index is 12.8. The molecule has 1 atom stereocenters. The second-order valence-electron chi connectivity index (χ2n) is 7.53. The summed E-state index contributed by atoms with van der Waals surface area (Å²) in [5.41, 5.74) is 9.05. The second kappa shape index (κ2) is 10.2. The number of benzene rings is 2. The Morgan fingerprint density at radius 2 is 1.97 bits per heavy atom. The molecule has 2 radical (unpaired) electrons. The zero-order valence-electron chi connectivity index (χ0n) is 17.9. The van der Waals surface area contributed by atoms with Gasteiger partial charge in [0, 0.05) is 25.7 Å². The molecule has 3 aromatic rings. The largest absolute Gasteiger partial charge is 0.509 e. The number of hydrogen-bond donors (Lipinski definition) is 4. The van der Waals surface area contributed by atoms with Gasteiger partial charge in [0.05, 0.1) is 0 Å². The Morgan fingerprint density at radius 1 is 1.23 bits per heavy atom. The van der Waals surface area contributed by atoms with Gasteiger partial charge in [-0.3, -0.25) is 4.79 Å². The van der Waals surface area contributed by atoms with Crippen LogP contribution in [0.3, 0.4) is 0 Å². The van der Waals surface area contributed by atoms with Crippen molar-refractivity contribution in [3.05, 3.63) is 71.2 Å².